The van der Waals surface area contributed by atoms with Crippen LogP contribution in [0.15, 0.2) is 36.4 Å². The van der Waals surface area contributed by atoms with E-state index in [0.29, 0.717) is 18.0 Å². The summed E-state index contributed by atoms with van der Waals surface area (Å²) in [6.07, 6.45) is 2.01. The standard InChI is InChI=1S/C16H17ClFNS/c1-10(15-6-7-16(17)20-15)19-12-8-11(9-12)13-4-2-3-5-14(13)18/h2-7,10-12,19H,8-9H2,1H3. The molecule has 1 heterocycles. The van der Waals surface area contributed by atoms with Crippen LogP contribution < -0.4 is 5.32 Å². The Morgan fingerprint density at radius 3 is 2.65 bits per heavy atom. The zero-order chi connectivity index (χ0) is 14.1. The lowest BCUT2D eigenvalue weighted by molar-refractivity contribution is 0.267. The first-order valence-electron chi connectivity index (χ1n) is 6.89. The Morgan fingerprint density at radius 1 is 1.25 bits per heavy atom. The molecule has 20 heavy (non-hydrogen) atoms. The molecule has 106 valence electrons. The lowest BCUT2D eigenvalue weighted by atomic mass is 9.75. The molecular formula is C16H17ClFNS. The van der Waals surface area contributed by atoms with E-state index in [1.54, 1.807) is 23.5 Å². The summed E-state index contributed by atoms with van der Waals surface area (Å²) in [6.45, 7) is 2.15. The summed E-state index contributed by atoms with van der Waals surface area (Å²) < 4.78 is 14.5. The van der Waals surface area contributed by atoms with Gasteiger partial charge < -0.3 is 5.32 Å². The van der Waals surface area contributed by atoms with Gasteiger partial charge in [-0.25, -0.2) is 4.39 Å². The first-order valence-corrected chi connectivity index (χ1v) is 8.08. The Labute approximate surface area is 127 Å². The Kier molecular flexibility index (Phi) is 4.11. The van der Waals surface area contributed by atoms with E-state index in [9.17, 15) is 4.39 Å². The number of halogens is 2. The molecule has 1 unspecified atom stereocenters. The molecule has 0 bridgehead atoms. The molecule has 0 aliphatic heterocycles. The fourth-order valence-electron chi connectivity index (χ4n) is 2.81. The molecule has 1 aromatic carbocycles. The molecule has 1 aliphatic carbocycles. The monoisotopic (exact) mass is 309 g/mol. The van der Waals surface area contributed by atoms with Crippen molar-refractivity contribution in [3.63, 3.8) is 0 Å². The van der Waals surface area contributed by atoms with E-state index < -0.39 is 0 Å². The SMILES string of the molecule is CC(NC1CC(c2ccccc2F)C1)c1ccc(Cl)s1. The number of nitrogens with one attached hydrogen (secondary N) is 1. The normalized spacial score (nSPS) is 23.4. The van der Waals surface area contributed by atoms with Gasteiger partial charge in [0.2, 0.25) is 0 Å². The smallest absolute Gasteiger partial charge is 0.126 e. The third kappa shape index (κ3) is 2.90. The summed E-state index contributed by atoms with van der Waals surface area (Å²) in [4.78, 5) is 1.25. The van der Waals surface area contributed by atoms with E-state index in [0.717, 1.165) is 22.7 Å². The highest BCUT2D eigenvalue weighted by Gasteiger charge is 2.32. The summed E-state index contributed by atoms with van der Waals surface area (Å²) in [5, 5.41) is 3.59. The van der Waals surface area contributed by atoms with Gasteiger partial charge >= 0.3 is 0 Å². The Bertz CT molecular complexity index is 592. The minimum absolute atomic E-state index is 0.0750. The van der Waals surface area contributed by atoms with Crippen LogP contribution in [0.25, 0.3) is 0 Å². The fraction of sp³-hybridized carbons (Fsp3) is 0.375. The van der Waals surface area contributed by atoms with Crippen LogP contribution in [0, 0.1) is 5.82 Å². The second-order valence-corrected chi connectivity index (χ2v) is 7.16. The van der Waals surface area contributed by atoms with E-state index >= 15 is 0 Å². The molecular weight excluding hydrogens is 293 g/mol. The molecule has 1 fully saturated rings. The number of thiophene rings is 1. The summed E-state index contributed by atoms with van der Waals surface area (Å²) in [5.41, 5.74) is 0.859. The van der Waals surface area contributed by atoms with Crippen molar-refractivity contribution in [1.29, 1.82) is 0 Å². The van der Waals surface area contributed by atoms with E-state index in [-0.39, 0.29) is 5.82 Å². The van der Waals surface area contributed by atoms with Gasteiger partial charge in [-0.1, -0.05) is 29.8 Å². The van der Waals surface area contributed by atoms with E-state index in [1.807, 2.05) is 18.2 Å². The minimum Gasteiger partial charge on any atom is -0.307 e. The van der Waals surface area contributed by atoms with Crippen molar-refractivity contribution in [3.05, 3.63) is 57.0 Å². The van der Waals surface area contributed by atoms with Crippen molar-refractivity contribution in [3.8, 4) is 0 Å². The van der Waals surface area contributed by atoms with Gasteiger partial charge in [0.25, 0.3) is 0 Å². The lowest BCUT2D eigenvalue weighted by Crippen LogP contribution is -2.41. The summed E-state index contributed by atoms with van der Waals surface area (Å²) >= 11 is 7.57. The average Bonchev–Trinajstić information content (AvgIpc) is 2.81. The molecule has 1 aliphatic rings. The maximum Gasteiger partial charge on any atom is 0.126 e. The first kappa shape index (κ1) is 14.1. The zero-order valence-electron chi connectivity index (χ0n) is 11.3. The van der Waals surface area contributed by atoms with Crippen molar-refractivity contribution in [2.24, 2.45) is 0 Å². The molecule has 4 heteroatoms. The van der Waals surface area contributed by atoms with E-state index in [2.05, 4.69) is 18.3 Å². The van der Waals surface area contributed by atoms with Gasteiger partial charge in [0.1, 0.15) is 5.82 Å². The summed E-state index contributed by atoms with van der Waals surface area (Å²) in [7, 11) is 0. The van der Waals surface area contributed by atoms with Crippen LogP contribution in [0.5, 0.6) is 0 Å². The van der Waals surface area contributed by atoms with Gasteiger partial charge in [0.05, 0.1) is 4.34 Å². The largest absolute Gasteiger partial charge is 0.307 e. The Hall–Kier alpha value is -0.900. The molecule has 1 aromatic heterocycles. The lowest BCUT2D eigenvalue weighted by Gasteiger charge is -2.38. The molecule has 0 radical (unpaired) electrons. The minimum atomic E-state index is -0.0750. The van der Waals surface area contributed by atoms with Crippen molar-refractivity contribution in [2.45, 2.75) is 37.8 Å². The van der Waals surface area contributed by atoms with Gasteiger partial charge in [0.15, 0.2) is 0 Å². The molecule has 1 N–H and O–H groups in total. The predicted molar refractivity (Wildman–Crippen MR) is 83.0 cm³/mol. The van der Waals surface area contributed by atoms with Crippen LogP contribution in [0.1, 0.15) is 42.2 Å². The number of hydrogen-bond donors (Lipinski definition) is 1. The highest BCUT2D eigenvalue weighted by molar-refractivity contribution is 7.16. The molecule has 0 spiro atoms. The molecule has 1 saturated carbocycles. The summed E-state index contributed by atoms with van der Waals surface area (Å²) in [6, 6.07) is 11.9. The fourth-order valence-corrected chi connectivity index (χ4v) is 3.88. The molecule has 1 atom stereocenters. The number of rotatable bonds is 4. The highest BCUT2D eigenvalue weighted by Crippen LogP contribution is 2.39. The first-order chi connectivity index (χ1) is 9.63. The topological polar surface area (TPSA) is 12.0 Å². The van der Waals surface area contributed by atoms with Crippen LogP contribution >= 0.6 is 22.9 Å². The maximum atomic E-state index is 13.7. The van der Waals surface area contributed by atoms with E-state index in [4.69, 9.17) is 11.6 Å². The maximum absolute atomic E-state index is 13.7. The summed E-state index contributed by atoms with van der Waals surface area (Å²) in [5.74, 6) is 0.280. The second kappa shape index (κ2) is 5.84. The van der Waals surface area contributed by atoms with Crippen LogP contribution in [-0.4, -0.2) is 6.04 Å². The van der Waals surface area contributed by atoms with Crippen LogP contribution in [0.3, 0.4) is 0 Å². The average molecular weight is 310 g/mol. The third-order valence-corrected chi connectivity index (χ3v) is 5.40. The molecule has 0 amide bonds. The second-order valence-electron chi connectivity index (χ2n) is 5.42. The molecule has 1 nitrogen and oxygen atoms in total. The number of benzene rings is 1. The van der Waals surface area contributed by atoms with Crippen molar-refractivity contribution < 1.29 is 4.39 Å². The molecule has 3 rings (SSSR count). The van der Waals surface area contributed by atoms with Gasteiger partial charge in [-0.3, -0.25) is 0 Å². The van der Waals surface area contributed by atoms with Crippen molar-refractivity contribution in [2.75, 3.05) is 0 Å². The third-order valence-electron chi connectivity index (χ3n) is 3.99. The predicted octanol–water partition coefficient (Wildman–Crippen LogP) is 5.14. The van der Waals surface area contributed by atoms with Gasteiger partial charge in [-0.15, -0.1) is 11.3 Å². The van der Waals surface area contributed by atoms with E-state index in [1.165, 1.54) is 4.88 Å². The molecule has 2 aromatic rings. The van der Waals surface area contributed by atoms with Crippen molar-refractivity contribution in [1.82, 2.24) is 5.32 Å². The van der Waals surface area contributed by atoms with Crippen LogP contribution in [0.2, 0.25) is 4.34 Å². The van der Waals surface area contributed by atoms with Gasteiger partial charge in [-0.2, -0.15) is 0 Å². The van der Waals surface area contributed by atoms with Crippen molar-refractivity contribution >= 4 is 22.9 Å². The quantitative estimate of drug-likeness (QED) is 0.825. The van der Waals surface area contributed by atoms with Crippen LogP contribution in [-0.2, 0) is 0 Å². The van der Waals surface area contributed by atoms with Crippen LogP contribution in [0.4, 0.5) is 4.39 Å². The van der Waals surface area contributed by atoms with Gasteiger partial charge in [0, 0.05) is 17.0 Å². The zero-order valence-corrected chi connectivity index (χ0v) is 12.8. The Morgan fingerprint density at radius 2 is 2.00 bits per heavy atom. The Balaban J connectivity index is 1.55. The highest BCUT2D eigenvalue weighted by atomic mass is 35.5. The number of hydrogen-bond acceptors (Lipinski definition) is 2. The van der Waals surface area contributed by atoms with Gasteiger partial charge in [-0.05, 0) is 49.4 Å². The molecule has 0 saturated heterocycles.